The minimum Gasteiger partial charge on any atom is -0.444 e. The Hall–Kier alpha value is -3.35. The van der Waals surface area contributed by atoms with Crippen LogP contribution in [0.15, 0.2) is 12.1 Å². The second-order valence-corrected chi connectivity index (χ2v) is 14.0. The lowest BCUT2D eigenvalue weighted by molar-refractivity contribution is -0.161. The third-order valence-electron chi connectivity index (χ3n) is 8.08. The second-order valence-electron chi connectivity index (χ2n) is 13.6. The first-order chi connectivity index (χ1) is 20.2. The summed E-state index contributed by atoms with van der Waals surface area (Å²) in [6.45, 7) is 8.54. The average molecular weight is 644 g/mol. The lowest BCUT2D eigenvalue weighted by atomic mass is 9.86. The molecule has 1 aliphatic carbocycles. The van der Waals surface area contributed by atoms with Crippen molar-refractivity contribution in [2.75, 3.05) is 13.5 Å². The molecule has 0 spiro atoms. The van der Waals surface area contributed by atoms with Crippen LogP contribution in [0.3, 0.4) is 0 Å². The molecule has 1 aromatic carbocycles. The number of alkyl halides is 3. The van der Waals surface area contributed by atoms with Crippen LogP contribution in [-0.4, -0.2) is 63.5 Å². The summed E-state index contributed by atoms with van der Waals surface area (Å²) in [6.07, 6.45) is -3.86. The molecule has 1 saturated heterocycles. The zero-order chi connectivity index (χ0) is 33.0. The summed E-state index contributed by atoms with van der Waals surface area (Å²) in [7, 11) is 0. The predicted molar refractivity (Wildman–Crippen MR) is 150 cm³/mol. The summed E-state index contributed by atoms with van der Waals surface area (Å²) in [6, 6.07) is 1.33. The number of urea groups is 1. The van der Waals surface area contributed by atoms with Crippen molar-refractivity contribution in [1.82, 2.24) is 14.7 Å². The van der Waals surface area contributed by atoms with Crippen molar-refractivity contribution in [2.24, 2.45) is 16.7 Å². The van der Waals surface area contributed by atoms with Crippen LogP contribution in [0.4, 0.5) is 18.0 Å². The number of ether oxygens (including phenoxy) is 2. The van der Waals surface area contributed by atoms with Crippen molar-refractivity contribution in [3.05, 3.63) is 33.8 Å². The van der Waals surface area contributed by atoms with Gasteiger partial charge >= 0.3 is 24.1 Å². The molecule has 1 atom stereocenters. The van der Waals surface area contributed by atoms with Gasteiger partial charge in [-0.2, -0.15) is 13.2 Å². The first-order valence-corrected chi connectivity index (χ1v) is 14.7. The molecule has 2 aliphatic heterocycles. The van der Waals surface area contributed by atoms with E-state index in [1.54, 1.807) is 41.5 Å². The monoisotopic (exact) mass is 643 g/mol. The van der Waals surface area contributed by atoms with Crippen molar-refractivity contribution in [3.63, 3.8) is 0 Å². The highest BCUT2D eigenvalue weighted by Crippen LogP contribution is 2.50. The molecular formula is C30H37ClF3N3O7. The highest BCUT2D eigenvalue weighted by atomic mass is 35.5. The second kappa shape index (κ2) is 11.5. The number of amides is 4. The van der Waals surface area contributed by atoms with Gasteiger partial charge in [-0.25, -0.2) is 9.69 Å². The Balaban J connectivity index is 1.56. The first kappa shape index (κ1) is 33.5. The van der Waals surface area contributed by atoms with Gasteiger partial charge in [0.1, 0.15) is 5.54 Å². The molecule has 2 fully saturated rings. The maximum Gasteiger partial charge on any atom is 0.417 e. The summed E-state index contributed by atoms with van der Waals surface area (Å²) in [4.78, 5) is 69.4. The van der Waals surface area contributed by atoms with Gasteiger partial charge in [0.05, 0.1) is 21.4 Å². The number of hydrogen-bond acceptors (Lipinski definition) is 7. The number of carbonyl (C=O) groups is 5. The number of rotatable bonds is 8. The van der Waals surface area contributed by atoms with Crippen molar-refractivity contribution >= 4 is 41.4 Å². The number of carbonyl (C=O) groups excluding carboxylic acids is 5. The Bertz CT molecular complexity index is 1380. The third-order valence-corrected chi connectivity index (χ3v) is 8.39. The Morgan fingerprint density at radius 3 is 1.93 bits per heavy atom. The average Bonchev–Trinajstić information content (AvgIpc) is 3.63. The van der Waals surface area contributed by atoms with E-state index in [0.717, 1.165) is 15.9 Å². The fourth-order valence-corrected chi connectivity index (χ4v) is 5.68. The van der Waals surface area contributed by atoms with Crippen LogP contribution in [0.2, 0.25) is 5.02 Å². The van der Waals surface area contributed by atoms with Gasteiger partial charge in [-0.15, -0.1) is 0 Å². The van der Waals surface area contributed by atoms with Crippen LogP contribution < -0.4 is 0 Å². The van der Waals surface area contributed by atoms with E-state index in [2.05, 4.69) is 0 Å². The van der Waals surface area contributed by atoms with E-state index < -0.39 is 76.4 Å². The van der Waals surface area contributed by atoms with Gasteiger partial charge in [0, 0.05) is 19.5 Å². The molecule has 0 N–H and O–H groups in total. The molecule has 1 aromatic rings. The Morgan fingerprint density at radius 2 is 1.43 bits per heavy atom. The Labute approximate surface area is 258 Å². The zero-order valence-corrected chi connectivity index (χ0v) is 26.4. The minimum absolute atomic E-state index is 0.0388. The molecule has 0 bridgehead atoms. The molecule has 1 unspecified atom stereocenters. The zero-order valence-electron chi connectivity index (χ0n) is 25.6. The fourth-order valence-electron chi connectivity index (χ4n) is 5.39. The molecule has 1 saturated carbocycles. The third kappa shape index (κ3) is 6.52. The minimum atomic E-state index is -4.65. The molecule has 14 heteroatoms. The van der Waals surface area contributed by atoms with Gasteiger partial charge in [-0.3, -0.25) is 24.1 Å². The van der Waals surface area contributed by atoms with Gasteiger partial charge in [-0.05, 0) is 90.0 Å². The number of fused-ring (bicyclic) bond motifs is 1. The van der Waals surface area contributed by atoms with Crippen LogP contribution in [0, 0.1) is 16.7 Å². The lowest BCUT2D eigenvalue weighted by Crippen LogP contribution is -2.53. The van der Waals surface area contributed by atoms with E-state index in [9.17, 15) is 37.1 Å². The highest BCUT2D eigenvalue weighted by Gasteiger charge is 2.64. The standard InChI is InChI=1S/C30H37ClF3N3O7/c1-27(2,3)24(40)43-15-36-23(39)29(19-7-8-19,37(26(36)42)16-44-25(41)28(4,5)6)10-9-22(38)35-13-17-11-20(30(32,33)34)21(31)12-18(17)14-35/h11-12,19H,7-10,13-16H2,1-6H3. The quantitative estimate of drug-likeness (QED) is 0.272. The number of halogens is 4. The fraction of sp³-hybridized carbons (Fsp3) is 0.633. The van der Waals surface area contributed by atoms with E-state index >= 15 is 0 Å². The van der Waals surface area contributed by atoms with Gasteiger partial charge in [0.15, 0.2) is 13.5 Å². The van der Waals surface area contributed by atoms with Crippen LogP contribution >= 0.6 is 11.6 Å². The van der Waals surface area contributed by atoms with Gasteiger partial charge in [-0.1, -0.05) is 11.6 Å². The van der Waals surface area contributed by atoms with Crippen LogP contribution in [0.25, 0.3) is 0 Å². The van der Waals surface area contributed by atoms with Crippen molar-refractivity contribution in [3.8, 4) is 0 Å². The smallest absolute Gasteiger partial charge is 0.417 e. The summed E-state index contributed by atoms with van der Waals surface area (Å²) in [5, 5.41) is -0.457. The van der Waals surface area contributed by atoms with Crippen molar-refractivity contribution in [2.45, 2.75) is 92.0 Å². The first-order valence-electron chi connectivity index (χ1n) is 14.3. The summed E-state index contributed by atoms with van der Waals surface area (Å²) >= 11 is 5.87. The van der Waals surface area contributed by atoms with Gasteiger partial charge < -0.3 is 14.4 Å². The van der Waals surface area contributed by atoms with E-state index in [4.69, 9.17) is 21.1 Å². The molecule has 10 nitrogen and oxygen atoms in total. The Morgan fingerprint density at radius 1 is 0.909 bits per heavy atom. The number of benzene rings is 1. The molecule has 4 rings (SSSR count). The number of imide groups is 1. The van der Waals surface area contributed by atoms with Crippen molar-refractivity contribution < 1.29 is 46.6 Å². The topological polar surface area (TPSA) is 114 Å². The molecule has 3 aliphatic rings. The predicted octanol–water partition coefficient (Wildman–Crippen LogP) is 5.49. The van der Waals surface area contributed by atoms with Gasteiger partial charge in [0.25, 0.3) is 5.91 Å². The molecule has 4 amide bonds. The molecule has 242 valence electrons. The number of esters is 2. The van der Waals surface area contributed by atoms with Gasteiger partial charge in [0.2, 0.25) is 5.91 Å². The largest absolute Gasteiger partial charge is 0.444 e. The van der Waals surface area contributed by atoms with Crippen LogP contribution in [-0.2, 0) is 47.9 Å². The maximum absolute atomic E-state index is 14.0. The molecule has 0 radical (unpaired) electrons. The summed E-state index contributed by atoms with van der Waals surface area (Å²) in [5.74, 6) is -2.69. The van der Waals surface area contributed by atoms with Crippen LogP contribution in [0.5, 0.6) is 0 Å². The summed E-state index contributed by atoms with van der Waals surface area (Å²) in [5.41, 5.74) is -3.51. The maximum atomic E-state index is 14.0. The Kier molecular flexibility index (Phi) is 8.79. The van der Waals surface area contributed by atoms with E-state index in [1.165, 1.54) is 11.0 Å². The van der Waals surface area contributed by atoms with Crippen molar-refractivity contribution in [1.29, 1.82) is 0 Å². The summed E-state index contributed by atoms with van der Waals surface area (Å²) < 4.78 is 50.8. The number of nitrogens with zero attached hydrogens (tertiary/aromatic N) is 3. The van der Waals surface area contributed by atoms with E-state index in [1.807, 2.05) is 0 Å². The van der Waals surface area contributed by atoms with Crippen LogP contribution in [0.1, 0.15) is 83.9 Å². The highest BCUT2D eigenvalue weighted by molar-refractivity contribution is 6.31. The molecular weight excluding hydrogens is 607 g/mol. The molecule has 0 aromatic heterocycles. The normalized spacial score (nSPS) is 20.7. The number of hydrogen-bond donors (Lipinski definition) is 0. The molecule has 2 heterocycles. The van der Waals surface area contributed by atoms with E-state index in [0.29, 0.717) is 24.0 Å². The lowest BCUT2D eigenvalue weighted by Gasteiger charge is -2.35. The van der Waals surface area contributed by atoms with E-state index in [-0.39, 0.29) is 31.8 Å². The SMILES string of the molecule is CC(C)(C)C(=O)OCN1C(=O)N(COC(=O)C(C)(C)C)C(CCC(=O)N2Cc3cc(Cl)c(C(F)(F)F)cc3C2)(C2CC2)C1=O. The molecule has 44 heavy (non-hydrogen) atoms.